The van der Waals surface area contributed by atoms with Crippen molar-refractivity contribution >= 4 is 17.7 Å². The number of nitrogens with zero attached hydrogens (tertiary/aromatic N) is 1. The Kier molecular flexibility index (Phi) is 7.38. The first-order valence-corrected chi connectivity index (χ1v) is 7.89. The molecule has 0 aliphatic rings. The van der Waals surface area contributed by atoms with Crippen molar-refractivity contribution in [3.05, 3.63) is 35.9 Å². The Hall–Kier alpha value is -2.41. The SMILES string of the molecule is C[N+](C)(C)CC(CC(N)=O)NC(=O)CCNC(=O)c1ccccc1. The lowest BCUT2D eigenvalue weighted by atomic mass is 10.1. The molecule has 1 atom stereocenters. The van der Waals surface area contributed by atoms with E-state index in [0.717, 1.165) is 0 Å². The third-order valence-electron chi connectivity index (χ3n) is 3.25. The molecule has 0 aliphatic heterocycles. The largest absolute Gasteiger partial charge is 0.370 e. The van der Waals surface area contributed by atoms with Crippen molar-refractivity contribution in [3.63, 3.8) is 0 Å². The zero-order chi connectivity index (χ0) is 18.2. The van der Waals surface area contributed by atoms with Crippen LogP contribution in [0.4, 0.5) is 0 Å². The van der Waals surface area contributed by atoms with Gasteiger partial charge in [0, 0.05) is 18.5 Å². The number of carbonyl (C=O) groups is 3. The molecule has 1 aromatic rings. The molecule has 4 N–H and O–H groups in total. The number of amides is 3. The van der Waals surface area contributed by atoms with Crippen molar-refractivity contribution < 1.29 is 18.9 Å². The number of nitrogens with one attached hydrogen (secondary N) is 2. The van der Waals surface area contributed by atoms with Gasteiger partial charge in [0.2, 0.25) is 11.8 Å². The van der Waals surface area contributed by atoms with E-state index < -0.39 is 5.91 Å². The number of likely N-dealkylation sites (N-methyl/N-ethyl adjacent to an activating group) is 1. The average Bonchev–Trinajstić information content (AvgIpc) is 2.45. The number of primary amides is 1. The molecule has 0 fully saturated rings. The number of rotatable bonds is 9. The summed E-state index contributed by atoms with van der Waals surface area (Å²) in [4.78, 5) is 35.0. The second kappa shape index (κ2) is 9.02. The quantitative estimate of drug-likeness (QED) is 0.548. The molecule has 24 heavy (non-hydrogen) atoms. The van der Waals surface area contributed by atoms with Gasteiger partial charge in [-0.1, -0.05) is 18.2 Å². The fourth-order valence-electron chi connectivity index (χ4n) is 2.35. The molecule has 0 heterocycles. The van der Waals surface area contributed by atoms with Gasteiger partial charge in [0.25, 0.3) is 5.91 Å². The van der Waals surface area contributed by atoms with Crippen LogP contribution in [-0.2, 0) is 9.59 Å². The molecule has 132 valence electrons. The molecule has 3 amide bonds. The van der Waals surface area contributed by atoms with Crippen LogP contribution >= 0.6 is 0 Å². The second-order valence-corrected chi connectivity index (χ2v) is 6.78. The van der Waals surface area contributed by atoms with Crippen molar-refractivity contribution in [2.45, 2.75) is 18.9 Å². The minimum Gasteiger partial charge on any atom is -0.370 e. The predicted octanol–water partition coefficient (Wildman–Crippen LogP) is -0.127. The number of hydrogen-bond donors (Lipinski definition) is 3. The van der Waals surface area contributed by atoms with Gasteiger partial charge in [-0.2, -0.15) is 0 Å². The summed E-state index contributed by atoms with van der Waals surface area (Å²) in [7, 11) is 5.92. The molecular formula is C17H27N4O3+. The number of nitrogens with two attached hydrogens (primary N) is 1. The van der Waals surface area contributed by atoms with E-state index in [1.54, 1.807) is 24.3 Å². The van der Waals surface area contributed by atoms with Gasteiger partial charge >= 0.3 is 0 Å². The number of quaternary nitrogens is 1. The Morgan fingerprint density at radius 1 is 1.12 bits per heavy atom. The van der Waals surface area contributed by atoms with E-state index in [1.807, 2.05) is 27.2 Å². The lowest BCUT2D eigenvalue weighted by Crippen LogP contribution is -2.50. The summed E-state index contributed by atoms with van der Waals surface area (Å²) in [5.74, 6) is -0.891. The van der Waals surface area contributed by atoms with Crippen LogP contribution in [0.25, 0.3) is 0 Å². The zero-order valence-electron chi connectivity index (χ0n) is 14.5. The highest BCUT2D eigenvalue weighted by atomic mass is 16.2. The summed E-state index contributed by atoms with van der Waals surface area (Å²) in [6.07, 6.45) is 0.239. The monoisotopic (exact) mass is 335 g/mol. The number of carbonyl (C=O) groups excluding carboxylic acids is 3. The van der Waals surface area contributed by atoms with Crippen molar-refractivity contribution in [1.29, 1.82) is 0 Å². The van der Waals surface area contributed by atoms with Crippen LogP contribution in [0.15, 0.2) is 30.3 Å². The van der Waals surface area contributed by atoms with Gasteiger partial charge in [0.05, 0.1) is 40.2 Å². The molecule has 1 rings (SSSR count). The molecule has 0 aromatic heterocycles. The Morgan fingerprint density at radius 3 is 2.29 bits per heavy atom. The maximum atomic E-state index is 12.0. The second-order valence-electron chi connectivity index (χ2n) is 6.78. The highest BCUT2D eigenvalue weighted by Crippen LogP contribution is 2.01. The lowest BCUT2D eigenvalue weighted by Gasteiger charge is -2.29. The van der Waals surface area contributed by atoms with Crippen molar-refractivity contribution in [2.24, 2.45) is 5.73 Å². The van der Waals surface area contributed by atoms with Crippen molar-refractivity contribution in [1.82, 2.24) is 10.6 Å². The van der Waals surface area contributed by atoms with Crippen LogP contribution in [0.5, 0.6) is 0 Å². The Bertz CT molecular complexity index is 567. The van der Waals surface area contributed by atoms with E-state index in [9.17, 15) is 14.4 Å². The summed E-state index contributed by atoms with van der Waals surface area (Å²) in [5, 5.41) is 5.51. The molecular weight excluding hydrogens is 308 g/mol. The molecule has 1 unspecified atom stereocenters. The minimum absolute atomic E-state index is 0.0949. The first-order valence-electron chi connectivity index (χ1n) is 7.89. The summed E-state index contributed by atoms with van der Waals surface area (Å²) >= 11 is 0. The summed E-state index contributed by atoms with van der Waals surface area (Å²) in [6, 6.07) is 8.48. The molecule has 0 spiro atoms. The molecule has 1 aromatic carbocycles. The van der Waals surface area contributed by atoms with E-state index in [2.05, 4.69) is 10.6 Å². The number of benzene rings is 1. The van der Waals surface area contributed by atoms with Crippen LogP contribution in [0.3, 0.4) is 0 Å². The zero-order valence-corrected chi connectivity index (χ0v) is 14.5. The molecule has 0 saturated carbocycles. The summed E-state index contributed by atoms with van der Waals surface area (Å²) in [6.45, 7) is 0.818. The maximum Gasteiger partial charge on any atom is 0.251 e. The topological polar surface area (TPSA) is 101 Å². The molecule has 0 radical (unpaired) electrons. The molecule has 0 bridgehead atoms. The summed E-state index contributed by atoms with van der Waals surface area (Å²) in [5.41, 5.74) is 5.79. The van der Waals surface area contributed by atoms with Crippen LogP contribution in [0.2, 0.25) is 0 Å². The van der Waals surface area contributed by atoms with Crippen LogP contribution in [-0.4, -0.2) is 62.5 Å². The Labute approximate surface area is 142 Å². The van der Waals surface area contributed by atoms with E-state index in [-0.39, 0.29) is 37.2 Å². The normalized spacial score (nSPS) is 12.3. The van der Waals surface area contributed by atoms with Gasteiger partial charge < -0.3 is 20.9 Å². The van der Waals surface area contributed by atoms with Gasteiger partial charge in [-0.3, -0.25) is 14.4 Å². The minimum atomic E-state index is -0.453. The van der Waals surface area contributed by atoms with Crippen LogP contribution in [0, 0.1) is 0 Å². The van der Waals surface area contributed by atoms with Crippen LogP contribution in [0.1, 0.15) is 23.2 Å². The van der Waals surface area contributed by atoms with Gasteiger partial charge in [-0.25, -0.2) is 0 Å². The smallest absolute Gasteiger partial charge is 0.251 e. The molecule has 7 nitrogen and oxygen atoms in total. The van der Waals surface area contributed by atoms with Crippen molar-refractivity contribution in [2.75, 3.05) is 34.2 Å². The summed E-state index contributed by atoms with van der Waals surface area (Å²) < 4.78 is 0.600. The molecule has 0 saturated heterocycles. The van der Waals surface area contributed by atoms with Gasteiger partial charge in [-0.15, -0.1) is 0 Å². The lowest BCUT2D eigenvalue weighted by molar-refractivity contribution is -0.871. The average molecular weight is 335 g/mol. The van der Waals surface area contributed by atoms with Gasteiger partial charge in [0.15, 0.2) is 0 Å². The van der Waals surface area contributed by atoms with E-state index in [0.29, 0.717) is 16.6 Å². The van der Waals surface area contributed by atoms with E-state index in [4.69, 9.17) is 5.73 Å². The highest BCUT2D eigenvalue weighted by Gasteiger charge is 2.22. The van der Waals surface area contributed by atoms with Gasteiger partial charge in [0.1, 0.15) is 0 Å². The molecule has 0 aliphatic carbocycles. The number of hydrogen-bond acceptors (Lipinski definition) is 3. The van der Waals surface area contributed by atoms with Crippen molar-refractivity contribution in [3.8, 4) is 0 Å². The first-order chi connectivity index (χ1) is 11.2. The standard InChI is InChI=1S/C17H26N4O3/c1-21(2,3)12-14(11-15(18)22)20-16(23)9-10-19-17(24)13-7-5-4-6-8-13/h4-8,14H,9-12H2,1-3H3,(H3-,18,19,20,22,23,24)/p+1. The fraction of sp³-hybridized carbons (Fsp3) is 0.471. The maximum absolute atomic E-state index is 12.0. The van der Waals surface area contributed by atoms with Gasteiger partial charge in [-0.05, 0) is 12.1 Å². The van der Waals surface area contributed by atoms with Crippen LogP contribution < -0.4 is 16.4 Å². The third kappa shape index (κ3) is 8.28. The Morgan fingerprint density at radius 2 is 1.75 bits per heavy atom. The van der Waals surface area contributed by atoms with E-state index in [1.165, 1.54) is 0 Å². The van der Waals surface area contributed by atoms with E-state index >= 15 is 0 Å². The third-order valence-corrected chi connectivity index (χ3v) is 3.25. The Balaban J connectivity index is 2.42. The fourth-order valence-corrected chi connectivity index (χ4v) is 2.35. The highest BCUT2D eigenvalue weighted by molar-refractivity contribution is 5.94. The predicted molar refractivity (Wildman–Crippen MR) is 92.0 cm³/mol. The molecule has 7 heteroatoms. The first kappa shape index (κ1) is 19.6.